The van der Waals surface area contributed by atoms with E-state index in [2.05, 4.69) is 23.9 Å². The lowest BCUT2D eigenvalue weighted by Gasteiger charge is -2.35. The highest BCUT2D eigenvalue weighted by molar-refractivity contribution is 7.19. The Bertz CT molecular complexity index is 573. The van der Waals surface area contributed by atoms with Crippen LogP contribution in [0.2, 0.25) is 4.34 Å². The average molecular weight is 313 g/mol. The summed E-state index contributed by atoms with van der Waals surface area (Å²) in [4.78, 5) is 3.40. The second kappa shape index (κ2) is 5.85. The van der Waals surface area contributed by atoms with Crippen LogP contribution < -0.4 is 0 Å². The fourth-order valence-electron chi connectivity index (χ4n) is 2.67. The van der Waals surface area contributed by atoms with Crippen LogP contribution in [-0.2, 0) is 11.3 Å². The summed E-state index contributed by atoms with van der Waals surface area (Å²) in [6, 6.07) is 3.86. The van der Waals surface area contributed by atoms with Gasteiger partial charge in [0.25, 0.3) is 0 Å². The molecule has 1 fully saturated rings. The molecule has 0 aliphatic carbocycles. The number of nitrogens with zero attached hydrogens (tertiary/aromatic N) is 2. The van der Waals surface area contributed by atoms with Gasteiger partial charge in [-0.05, 0) is 26.0 Å². The molecule has 2 atom stereocenters. The summed E-state index contributed by atoms with van der Waals surface area (Å²) in [7, 11) is 0. The molecule has 1 saturated heterocycles. The minimum atomic E-state index is 0.262. The van der Waals surface area contributed by atoms with Crippen molar-refractivity contribution in [2.75, 3.05) is 13.1 Å². The van der Waals surface area contributed by atoms with Gasteiger partial charge in [0.05, 0.1) is 27.6 Å². The zero-order chi connectivity index (χ0) is 14.1. The molecule has 3 heterocycles. The van der Waals surface area contributed by atoms with Gasteiger partial charge in [-0.15, -0.1) is 11.3 Å². The fourth-order valence-corrected chi connectivity index (χ4v) is 3.72. The van der Waals surface area contributed by atoms with E-state index in [4.69, 9.17) is 20.9 Å². The van der Waals surface area contributed by atoms with Crippen molar-refractivity contribution >= 4 is 22.9 Å². The van der Waals surface area contributed by atoms with Gasteiger partial charge in [-0.3, -0.25) is 4.90 Å². The molecule has 0 spiro atoms. The Morgan fingerprint density at radius 1 is 1.35 bits per heavy atom. The van der Waals surface area contributed by atoms with Crippen molar-refractivity contribution in [2.45, 2.75) is 32.6 Å². The van der Waals surface area contributed by atoms with Crippen LogP contribution in [0.15, 0.2) is 22.9 Å². The van der Waals surface area contributed by atoms with Crippen LogP contribution in [-0.4, -0.2) is 35.4 Å². The van der Waals surface area contributed by atoms with E-state index in [1.807, 2.05) is 12.1 Å². The van der Waals surface area contributed by atoms with Gasteiger partial charge >= 0.3 is 0 Å². The lowest BCUT2D eigenvalue weighted by Crippen LogP contribution is -2.44. The van der Waals surface area contributed by atoms with E-state index in [0.29, 0.717) is 0 Å². The Kier molecular flexibility index (Phi) is 4.12. The Hall–Kier alpha value is -0.880. The third-order valence-electron chi connectivity index (χ3n) is 3.33. The van der Waals surface area contributed by atoms with E-state index in [0.717, 1.165) is 40.2 Å². The molecular weight excluding hydrogens is 296 g/mol. The van der Waals surface area contributed by atoms with Crippen molar-refractivity contribution in [2.24, 2.45) is 0 Å². The van der Waals surface area contributed by atoms with Gasteiger partial charge in [0.2, 0.25) is 0 Å². The van der Waals surface area contributed by atoms with Gasteiger partial charge in [-0.25, -0.2) is 0 Å². The minimum absolute atomic E-state index is 0.262. The zero-order valence-corrected chi connectivity index (χ0v) is 13.1. The number of hydrogen-bond donors (Lipinski definition) is 0. The molecule has 0 radical (unpaired) electrons. The Balaban J connectivity index is 1.77. The second-order valence-electron chi connectivity index (χ2n) is 5.24. The number of thiophene rings is 1. The Morgan fingerprint density at radius 2 is 2.10 bits per heavy atom. The van der Waals surface area contributed by atoms with E-state index >= 15 is 0 Å². The first kappa shape index (κ1) is 14.1. The van der Waals surface area contributed by atoms with Crippen LogP contribution >= 0.6 is 22.9 Å². The molecular formula is C14H17ClN2O2S. The van der Waals surface area contributed by atoms with E-state index in [9.17, 15) is 0 Å². The first-order valence-corrected chi connectivity index (χ1v) is 7.88. The van der Waals surface area contributed by atoms with E-state index < -0.39 is 0 Å². The van der Waals surface area contributed by atoms with E-state index in [1.54, 1.807) is 6.20 Å². The monoisotopic (exact) mass is 312 g/mol. The third kappa shape index (κ3) is 3.06. The minimum Gasteiger partial charge on any atom is -0.373 e. The van der Waals surface area contributed by atoms with Crippen molar-refractivity contribution in [3.05, 3.63) is 28.2 Å². The van der Waals surface area contributed by atoms with Gasteiger partial charge in [-0.1, -0.05) is 16.8 Å². The molecule has 2 aromatic rings. The van der Waals surface area contributed by atoms with Crippen LogP contribution in [0.3, 0.4) is 0 Å². The van der Waals surface area contributed by atoms with Crippen LogP contribution in [0.25, 0.3) is 10.6 Å². The van der Waals surface area contributed by atoms with Gasteiger partial charge in [0, 0.05) is 25.2 Å². The van der Waals surface area contributed by atoms with Gasteiger partial charge in [0.15, 0.2) is 5.76 Å². The van der Waals surface area contributed by atoms with Crippen LogP contribution in [0.1, 0.15) is 19.4 Å². The first-order valence-electron chi connectivity index (χ1n) is 6.69. The van der Waals surface area contributed by atoms with Crippen LogP contribution in [0.4, 0.5) is 0 Å². The molecule has 1 aliphatic heterocycles. The highest BCUT2D eigenvalue weighted by Gasteiger charge is 2.24. The van der Waals surface area contributed by atoms with Gasteiger partial charge < -0.3 is 9.26 Å². The lowest BCUT2D eigenvalue weighted by atomic mass is 10.1. The highest BCUT2D eigenvalue weighted by Crippen LogP contribution is 2.33. The smallest absolute Gasteiger partial charge is 0.181 e. The average Bonchev–Trinajstić information content (AvgIpc) is 2.96. The zero-order valence-electron chi connectivity index (χ0n) is 11.5. The number of ether oxygens (including phenoxy) is 1. The predicted octanol–water partition coefficient (Wildman–Crippen LogP) is 3.67. The second-order valence-corrected chi connectivity index (χ2v) is 6.95. The largest absolute Gasteiger partial charge is 0.373 e. The molecule has 1 aliphatic rings. The molecule has 0 aromatic carbocycles. The maximum absolute atomic E-state index is 5.99. The van der Waals surface area contributed by atoms with Crippen molar-refractivity contribution in [1.29, 1.82) is 0 Å². The molecule has 6 heteroatoms. The summed E-state index contributed by atoms with van der Waals surface area (Å²) in [5, 5.41) is 3.94. The number of aromatic nitrogens is 1. The summed E-state index contributed by atoms with van der Waals surface area (Å²) in [6.45, 7) is 6.90. The van der Waals surface area contributed by atoms with Crippen LogP contribution in [0, 0.1) is 0 Å². The molecule has 2 aromatic heterocycles. The number of hydrogen-bond acceptors (Lipinski definition) is 5. The van der Waals surface area contributed by atoms with Gasteiger partial charge in [0.1, 0.15) is 0 Å². The van der Waals surface area contributed by atoms with Crippen molar-refractivity contribution in [1.82, 2.24) is 10.1 Å². The number of morpholine rings is 1. The van der Waals surface area contributed by atoms with E-state index in [1.165, 1.54) is 11.3 Å². The predicted molar refractivity (Wildman–Crippen MR) is 80.1 cm³/mol. The normalized spacial score (nSPS) is 24.1. The Morgan fingerprint density at radius 3 is 2.75 bits per heavy atom. The molecule has 3 rings (SSSR count). The topological polar surface area (TPSA) is 38.5 Å². The molecule has 0 unspecified atom stereocenters. The summed E-state index contributed by atoms with van der Waals surface area (Å²) in [5.74, 6) is 0.827. The van der Waals surface area contributed by atoms with E-state index in [-0.39, 0.29) is 12.2 Å². The van der Waals surface area contributed by atoms with Gasteiger partial charge in [-0.2, -0.15) is 0 Å². The number of halogens is 1. The number of rotatable bonds is 3. The maximum Gasteiger partial charge on any atom is 0.181 e. The first-order chi connectivity index (χ1) is 9.61. The summed E-state index contributed by atoms with van der Waals surface area (Å²) < 4.78 is 11.9. The standard InChI is InChI=1S/C14H17ClN2O2S/c1-9-6-17(7-10(2)18-9)8-11-5-16-19-14(11)12-3-4-13(15)20-12/h3-5,9-10H,6-8H2,1-2H3/t9-,10-/m1/s1. The third-order valence-corrected chi connectivity index (χ3v) is 4.56. The SMILES string of the molecule is C[C@@H]1CN(Cc2cnoc2-c2ccc(Cl)s2)C[C@@H](C)O1. The molecule has 0 N–H and O–H groups in total. The molecule has 0 saturated carbocycles. The fraction of sp³-hybridized carbons (Fsp3) is 0.500. The molecule has 20 heavy (non-hydrogen) atoms. The molecule has 108 valence electrons. The van der Waals surface area contributed by atoms with Crippen molar-refractivity contribution in [3.8, 4) is 10.6 Å². The highest BCUT2D eigenvalue weighted by atomic mass is 35.5. The summed E-state index contributed by atoms with van der Waals surface area (Å²) >= 11 is 7.50. The quantitative estimate of drug-likeness (QED) is 0.867. The van der Waals surface area contributed by atoms with Crippen LogP contribution in [0.5, 0.6) is 0 Å². The van der Waals surface area contributed by atoms with Crippen molar-refractivity contribution in [3.63, 3.8) is 0 Å². The van der Waals surface area contributed by atoms with Crippen molar-refractivity contribution < 1.29 is 9.26 Å². The summed E-state index contributed by atoms with van der Waals surface area (Å²) in [6.07, 6.45) is 2.32. The Labute approximate surface area is 127 Å². The molecule has 0 bridgehead atoms. The molecule has 0 amide bonds. The molecule has 4 nitrogen and oxygen atoms in total. The lowest BCUT2D eigenvalue weighted by molar-refractivity contribution is -0.0704. The summed E-state index contributed by atoms with van der Waals surface area (Å²) in [5.41, 5.74) is 1.10. The maximum atomic E-state index is 5.99.